The Kier molecular flexibility index (Phi) is 8.26. The number of para-hydroxylation sites is 1. The van der Waals surface area contributed by atoms with Crippen molar-refractivity contribution in [2.45, 2.75) is 40.1 Å². The third-order valence-corrected chi connectivity index (χ3v) is 6.67. The average Bonchev–Trinajstić information content (AvgIpc) is 2.98. The number of carbonyl (C=O) groups is 1. The van der Waals surface area contributed by atoms with Gasteiger partial charge in [-0.05, 0) is 60.4 Å². The van der Waals surface area contributed by atoms with Crippen molar-refractivity contribution >= 4 is 16.9 Å². The summed E-state index contributed by atoms with van der Waals surface area (Å²) in [5.74, 6) is 0.664. The van der Waals surface area contributed by atoms with Gasteiger partial charge in [0.15, 0.2) is 0 Å². The van der Waals surface area contributed by atoms with E-state index in [1.807, 2.05) is 97.9 Å². The summed E-state index contributed by atoms with van der Waals surface area (Å²) in [6.45, 7) is 4.65. The highest BCUT2D eigenvalue weighted by atomic mass is 16.5. The molecule has 0 saturated carbocycles. The molecule has 1 heterocycles. The number of ether oxygens (including phenoxy) is 3. The maximum Gasteiger partial charge on any atom is 0.339 e. The summed E-state index contributed by atoms with van der Waals surface area (Å²) in [5.41, 5.74) is 5.16. The molecule has 1 N–H and O–H groups in total. The molecule has 202 valence electrons. The number of hydrogen-bond acceptors (Lipinski definition) is 5. The zero-order chi connectivity index (χ0) is 27.9. The van der Waals surface area contributed by atoms with Crippen LogP contribution in [0.25, 0.3) is 10.9 Å². The Hall–Kier alpha value is -4.84. The van der Waals surface area contributed by atoms with Crippen LogP contribution in [-0.2, 0) is 26.2 Å². The molecule has 0 unspecified atom stereocenters. The van der Waals surface area contributed by atoms with Crippen LogP contribution in [-0.4, -0.2) is 16.1 Å². The smallest absolute Gasteiger partial charge is 0.339 e. The van der Waals surface area contributed by atoms with E-state index in [9.17, 15) is 9.90 Å². The molecule has 0 aliphatic heterocycles. The van der Waals surface area contributed by atoms with Crippen molar-refractivity contribution in [3.63, 3.8) is 0 Å². The van der Waals surface area contributed by atoms with Crippen LogP contribution in [0.5, 0.6) is 17.2 Å². The van der Waals surface area contributed by atoms with Gasteiger partial charge in [0.25, 0.3) is 0 Å². The number of carboxylic acid groups (broad SMARTS) is 1. The number of rotatable bonds is 11. The molecule has 0 saturated heterocycles. The highest BCUT2D eigenvalue weighted by Gasteiger charge is 2.22. The molecule has 0 spiro atoms. The van der Waals surface area contributed by atoms with Gasteiger partial charge < -0.3 is 19.3 Å². The van der Waals surface area contributed by atoms with Crippen LogP contribution < -0.4 is 14.2 Å². The minimum atomic E-state index is -1.02. The largest absolute Gasteiger partial charge is 0.488 e. The van der Waals surface area contributed by atoms with Crippen LogP contribution >= 0.6 is 0 Å². The number of benzene rings is 4. The van der Waals surface area contributed by atoms with Crippen molar-refractivity contribution in [3.8, 4) is 17.2 Å². The number of fused-ring (bicyclic) bond motifs is 1. The lowest BCUT2D eigenvalue weighted by atomic mass is 10.00. The average molecular weight is 534 g/mol. The Morgan fingerprint density at radius 3 is 2.33 bits per heavy atom. The minimum absolute atomic E-state index is 0.165. The number of hydrogen-bond donors (Lipinski definition) is 1. The standard InChI is InChI=1S/C34H31NO5/c1-3-29-31(18-23(2)32(34(36)37)33(29)40-20-24-10-5-4-6-11-24)39-21-25-12-9-14-28(19-25)38-22-27-17-16-26-13-7-8-15-30(26)35-27/h4-19H,3,20-22H2,1-2H3,(H,36,37). The quantitative estimate of drug-likeness (QED) is 0.189. The summed E-state index contributed by atoms with van der Waals surface area (Å²) < 4.78 is 18.4. The summed E-state index contributed by atoms with van der Waals surface area (Å²) in [5, 5.41) is 11.0. The summed E-state index contributed by atoms with van der Waals surface area (Å²) in [6, 6.07) is 31.2. The summed E-state index contributed by atoms with van der Waals surface area (Å²) in [7, 11) is 0. The molecular weight excluding hydrogens is 502 g/mol. The van der Waals surface area contributed by atoms with Crippen molar-refractivity contribution in [2.75, 3.05) is 0 Å². The Morgan fingerprint density at radius 2 is 1.52 bits per heavy atom. The molecule has 5 rings (SSSR count). The van der Waals surface area contributed by atoms with E-state index in [1.54, 1.807) is 13.0 Å². The first kappa shape index (κ1) is 26.8. The molecule has 0 fully saturated rings. The molecule has 0 atom stereocenters. The van der Waals surface area contributed by atoms with E-state index >= 15 is 0 Å². The van der Waals surface area contributed by atoms with Crippen LogP contribution in [0.3, 0.4) is 0 Å². The highest BCUT2D eigenvalue weighted by molar-refractivity contribution is 5.93. The SMILES string of the molecule is CCc1c(OCc2cccc(OCc3ccc4ccccc4n3)c2)cc(C)c(C(=O)O)c1OCc1ccccc1. The second kappa shape index (κ2) is 12.3. The fraction of sp³-hybridized carbons (Fsp3) is 0.176. The number of aryl methyl sites for hydroxylation is 1. The highest BCUT2D eigenvalue weighted by Crippen LogP contribution is 2.37. The van der Waals surface area contributed by atoms with Crippen LogP contribution in [0.4, 0.5) is 0 Å². The van der Waals surface area contributed by atoms with Gasteiger partial charge in [0, 0.05) is 10.9 Å². The monoisotopic (exact) mass is 533 g/mol. The molecule has 0 aliphatic carbocycles. The first-order chi connectivity index (χ1) is 19.5. The maximum atomic E-state index is 12.1. The lowest BCUT2D eigenvalue weighted by molar-refractivity contribution is 0.0690. The molecule has 0 bridgehead atoms. The van der Waals surface area contributed by atoms with Gasteiger partial charge in [-0.3, -0.25) is 0 Å². The van der Waals surface area contributed by atoms with E-state index in [1.165, 1.54) is 0 Å². The summed E-state index contributed by atoms with van der Waals surface area (Å²) in [6.07, 6.45) is 0.557. The normalized spacial score (nSPS) is 10.8. The van der Waals surface area contributed by atoms with Crippen molar-refractivity contribution in [1.29, 1.82) is 0 Å². The lowest BCUT2D eigenvalue weighted by Gasteiger charge is -2.20. The fourth-order valence-electron chi connectivity index (χ4n) is 4.65. The van der Waals surface area contributed by atoms with Crippen molar-refractivity contribution in [2.24, 2.45) is 0 Å². The molecule has 5 aromatic rings. The number of aromatic nitrogens is 1. The van der Waals surface area contributed by atoms with Crippen molar-refractivity contribution in [1.82, 2.24) is 4.98 Å². The molecule has 0 amide bonds. The van der Waals surface area contributed by atoms with Crippen LogP contribution in [0.15, 0.2) is 97.1 Å². The van der Waals surface area contributed by atoms with E-state index in [2.05, 4.69) is 4.98 Å². The number of aromatic carboxylic acids is 1. The van der Waals surface area contributed by atoms with E-state index in [4.69, 9.17) is 14.2 Å². The Labute approximate surface area is 233 Å². The lowest BCUT2D eigenvalue weighted by Crippen LogP contribution is -2.10. The second-order valence-electron chi connectivity index (χ2n) is 9.53. The third-order valence-electron chi connectivity index (χ3n) is 6.67. The van der Waals surface area contributed by atoms with Gasteiger partial charge in [0.05, 0.1) is 11.2 Å². The van der Waals surface area contributed by atoms with Gasteiger partial charge in [-0.1, -0.05) is 73.7 Å². The number of nitrogens with zero attached hydrogens (tertiary/aromatic N) is 1. The van der Waals surface area contributed by atoms with E-state index in [-0.39, 0.29) is 12.2 Å². The Bertz CT molecular complexity index is 1630. The number of pyridine rings is 1. The predicted molar refractivity (Wildman–Crippen MR) is 155 cm³/mol. The fourth-order valence-corrected chi connectivity index (χ4v) is 4.65. The van der Waals surface area contributed by atoms with E-state index < -0.39 is 5.97 Å². The predicted octanol–water partition coefficient (Wildman–Crippen LogP) is 7.54. The van der Waals surface area contributed by atoms with Gasteiger partial charge in [-0.15, -0.1) is 0 Å². The van der Waals surface area contributed by atoms with Crippen LogP contribution in [0.1, 0.15) is 45.2 Å². The molecule has 6 nitrogen and oxygen atoms in total. The maximum absolute atomic E-state index is 12.1. The molecule has 6 heteroatoms. The molecule has 40 heavy (non-hydrogen) atoms. The first-order valence-corrected chi connectivity index (χ1v) is 13.3. The number of carboxylic acids is 1. The molecule has 1 aromatic heterocycles. The van der Waals surface area contributed by atoms with Crippen molar-refractivity contribution in [3.05, 3.63) is 131 Å². The van der Waals surface area contributed by atoms with E-state index in [0.717, 1.165) is 39.0 Å². The second-order valence-corrected chi connectivity index (χ2v) is 9.53. The van der Waals surface area contributed by atoms with E-state index in [0.29, 0.717) is 36.7 Å². The molecule has 0 radical (unpaired) electrons. The third kappa shape index (κ3) is 6.24. The zero-order valence-electron chi connectivity index (χ0n) is 22.6. The minimum Gasteiger partial charge on any atom is -0.488 e. The van der Waals surface area contributed by atoms with Gasteiger partial charge in [0.2, 0.25) is 0 Å². The van der Waals surface area contributed by atoms with Gasteiger partial charge in [-0.2, -0.15) is 0 Å². The molecule has 0 aliphatic rings. The van der Waals surface area contributed by atoms with Gasteiger partial charge in [-0.25, -0.2) is 9.78 Å². The Balaban J connectivity index is 1.31. The van der Waals surface area contributed by atoms with Gasteiger partial charge in [0.1, 0.15) is 42.6 Å². The van der Waals surface area contributed by atoms with Crippen LogP contribution in [0.2, 0.25) is 0 Å². The van der Waals surface area contributed by atoms with Crippen LogP contribution in [0, 0.1) is 6.92 Å². The van der Waals surface area contributed by atoms with Crippen molar-refractivity contribution < 1.29 is 24.1 Å². The summed E-state index contributed by atoms with van der Waals surface area (Å²) in [4.78, 5) is 16.8. The topological polar surface area (TPSA) is 77.9 Å². The zero-order valence-corrected chi connectivity index (χ0v) is 22.6. The molecular formula is C34H31NO5. The molecule has 4 aromatic carbocycles. The Morgan fingerprint density at radius 1 is 0.775 bits per heavy atom. The van der Waals surface area contributed by atoms with Gasteiger partial charge >= 0.3 is 5.97 Å². The first-order valence-electron chi connectivity index (χ1n) is 13.3. The summed E-state index contributed by atoms with van der Waals surface area (Å²) >= 11 is 0.